The molecule has 156 valence electrons. The lowest BCUT2D eigenvalue weighted by molar-refractivity contribution is -0.139. The van der Waals surface area contributed by atoms with Crippen LogP contribution in [0.2, 0.25) is 0 Å². The number of piperazine rings is 1. The molecule has 2 aliphatic heterocycles. The summed E-state index contributed by atoms with van der Waals surface area (Å²) in [4.78, 5) is 16.4. The zero-order chi connectivity index (χ0) is 19.6. The molecule has 6 nitrogen and oxygen atoms in total. The molecule has 1 saturated carbocycles. The van der Waals surface area contributed by atoms with Gasteiger partial charge < -0.3 is 4.90 Å². The van der Waals surface area contributed by atoms with Gasteiger partial charge in [-0.25, -0.2) is 5.01 Å². The van der Waals surface area contributed by atoms with Crippen molar-refractivity contribution in [2.24, 2.45) is 5.92 Å². The highest BCUT2D eigenvalue weighted by Crippen LogP contribution is 2.31. The van der Waals surface area contributed by atoms with Crippen LogP contribution in [0, 0.1) is 5.92 Å². The van der Waals surface area contributed by atoms with Crippen molar-refractivity contribution in [3.8, 4) is 0 Å². The molecule has 3 heterocycles. The molecule has 3 fully saturated rings. The van der Waals surface area contributed by atoms with Gasteiger partial charge in [0.05, 0.1) is 4.70 Å². The SMILES string of the molecule is O=CN(C1CC1)N1CCC(CCN2CCN(c3nsc4ccccc34)CC2)CC1. The average Bonchev–Trinajstić information content (AvgIpc) is 3.52. The summed E-state index contributed by atoms with van der Waals surface area (Å²) in [6.07, 6.45) is 7.15. The minimum atomic E-state index is 0.496. The fourth-order valence-corrected chi connectivity index (χ4v) is 5.61. The van der Waals surface area contributed by atoms with E-state index in [0.717, 1.165) is 51.6 Å². The molecule has 5 rings (SSSR count). The number of hydrogen-bond acceptors (Lipinski definition) is 6. The van der Waals surface area contributed by atoms with Crippen LogP contribution in [0.4, 0.5) is 5.82 Å². The largest absolute Gasteiger partial charge is 0.353 e. The fraction of sp³-hybridized carbons (Fsp3) is 0.636. The van der Waals surface area contributed by atoms with E-state index in [1.165, 1.54) is 54.6 Å². The van der Waals surface area contributed by atoms with E-state index in [1.807, 2.05) is 5.01 Å². The summed E-state index contributed by atoms with van der Waals surface area (Å²) >= 11 is 1.61. The summed E-state index contributed by atoms with van der Waals surface area (Å²) < 4.78 is 6.01. The Morgan fingerprint density at radius 1 is 1.03 bits per heavy atom. The van der Waals surface area contributed by atoms with Gasteiger partial charge in [0.2, 0.25) is 6.41 Å². The highest BCUT2D eigenvalue weighted by Gasteiger charge is 2.34. The molecule has 1 aliphatic carbocycles. The normalized spacial score (nSPS) is 22.3. The third-order valence-electron chi connectivity index (χ3n) is 6.83. The standard InChI is InChI=1S/C22H31N5OS/c28-17-27(19-5-6-19)26-11-8-18(9-12-26)7-10-24-13-15-25(16-14-24)22-20-3-1-2-4-21(20)29-23-22/h1-4,17-19H,5-16H2. The molecule has 0 spiro atoms. The van der Waals surface area contributed by atoms with Gasteiger partial charge in [-0.2, -0.15) is 4.37 Å². The van der Waals surface area contributed by atoms with E-state index in [-0.39, 0.29) is 0 Å². The first-order chi connectivity index (χ1) is 14.3. The molecule has 0 radical (unpaired) electrons. The molecule has 2 saturated heterocycles. The van der Waals surface area contributed by atoms with Gasteiger partial charge in [0.1, 0.15) is 5.82 Å². The van der Waals surface area contributed by atoms with Crippen molar-refractivity contribution in [1.82, 2.24) is 19.3 Å². The molecule has 1 aromatic heterocycles. The number of fused-ring (bicyclic) bond motifs is 1. The van der Waals surface area contributed by atoms with E-state index >= 15 is 0 Å². The third-order valence-corrected chi connectivity index (χ3v) is 7.65. The molecule has 0 atom stereocenters. The molecule has 0 unspecified atom stereocenters. The summed E-state index contributed by atoms with van der Waals surface area (Å²) in [5.74, 6) is 1.98. The minimum Gasteiger partial charge on any atom is -0.353 e. The number of aromatic nitrogens is 1. The van der Waals surface area contributed by atoms with Crippen molar-refractivity contribution in [1.29, 1.82) is 0 Å². The molecule has 0 N–H and O–H groups in total. The molecule has 29 heavy (non-hydrogen) atoms. The summed E-state index contributed by atoms with van der Waals surface area (Å²) in [6, 6.07) is 9.06. The number of carbonyl (C=O) groups is 1. The van der Waals surface area contributed by atoms with E-state index in [2.05, 4.69) is 39.1 Å². The second-order valence-corrected chi connectivity index (χ2v) is 9.54. The molecule has 7 heteroatoms. The lowest BCUT2D eigenvalue weighted by Gasteiger charge is -2.39. The van der Waals surface area contributed by atoms with Gasteiger partial charge in [-0.3, -0.25) is 14.7 Å². The Labute approximate surface area is 177 Å². The number of anilines is 1. The highest BCUT2D eigenvalue weighted by atomic mass is 32.1. The molecular formula is C22H31N5OS. The topological polar surface area (TPSA) is 42.9 Å². The third kappa shape index (κ3) is 4.27. The van der Waals surface area contributed by atoms with Crippen LogP contribution in [0.3, 0.4) is 0 Å². The van der Waals surface area contributed by atoms with Crippen LogP contribution in [0.15, 0.2) is 24.3 Å². The second-order valence-electron chi connectivity index (χ2n) is 8.73. The number of hydrogen-bond donors (Lipinski definition) is 0. The molecule has 0 bridgehead atoms. The molecule has 1 amide bonds. The van der Waals surface area contributed by atoms with Crippen LogP contribution in [0.25, 0.3) is 10.1 Å². The Kier molecular flexibility index (Phi) is 5.70. The van der Waals surface area contributed by atoms with Gasteiger partial charge in [0, 0.05) is 50.7 Å². The summed E-state index contributed by atoms with van der Waals surface area (Å²) in [6.45, 7) is 7.70. The summed E-state index contributed by atoms with van der Waals surface area (Å²) in [5.41, 5.74) is 0. The number of hydrazine groups is 1. The van der Waals surface area contributed by atoms with Gasteiger partial charge in [-0.15, -0.1) is 0 Å². The Hall–Kier alpha value is -1.70. The first-order valence-corrected chi connectivity index (χ1v) is 11.9. The van der Waals surface area contributed by atoms with E-state index in [4.69, 9.17) is 4.37 Å². The van der Waals surface area contributed by atoms with Crippen molar-refractivity contribution < 1.29 is 4.79 Å². The van der Waals surface area contributed by atoms with Crippen molar-refractivity contribution in [2.45, 2.75) is 38.1 Å². The van der Waals surface area contributed by atoms with Crippen LogP contribution >= 0.6 is 11.5 Å². The van der Waals surface area contributed by atoms with Gasteiger partial charge in [0.25, 0.3) is 0 Å². The van der Waals surface area contributed by atoms with Crippen LogP contribution in [-0.2, 0) is 4.79 Å². The predicted molar refractivity (Wildman–Crippen MR) is 118 cm³/mol. The lowest BCUT2D eigenvalue weighted by Crippen LogP contribution is -2.49. The number of benzene rings is 1. The molecule has 2 aromatic rings. The zero-order valence-corrected chi connectivity index (χ0v) is 17.9. The van der Waals surface area contributed by atoms with Crippen molar-refractivity contribution >= 4 is 33.8 Å². The summed E-state index contributed by atoms with van der Waals surface area (Å²) in [7, 11) is 0. The number of rotatable bonds is 7. The lowest BCUT2D eigenvalue weighted by atomic mass is 9.94. The van der Waals surface area contributed by atoms with E-state index in [0.29, 0.717) is 6.04 Å². The summed E-state index contributed by atoms with van der Waals surface area (Å²) in [5, 5.41) is 5.56. The maximum atomic E-state index is 11.4. The zero-order valence-electron chi connectivity index (χ0n) is 17.1. The fourth-order valence-electron chi connectivity index (χ4n) is 4.81. The number of carbonyl (C=O) groups excluding carboxylic acids is 1. The first kappa shape index (κ1) is 19.3. The van der Waals surface area contributed by atoms with Crippen LogP contribution < -0.4 is 4.90 Å². The quantitative estimate of drug-likeness (QED) is 0.653. The molecule has 1 aromatic carbocycles. The van der Waals surface area contributed by atoms with Crippen LogP contribution in [0.1, 0.15) is 32.1 Å². The van der Waals surface area contributed by atoms with Gasteiger partial charge in [-0.05, 0) is 68.2 Å². The smallest absolute Gasteiger partial charge is 0.224 e. The van der Waals surface area contributed by atoms with Gasteiger partial charge in [-0.1, -0.05) is 12.1 Å². The Morgan fingerprint density at radius 2 is 1.79 bits per heavy atom. The first-order valence-electron chi connectivity index (χ1n) is 11.1. The van der Waals surface area contributed by atoms with E-state index < -0.39 is 0 Å². The van der Waals surface area contributed by atoms with Crippen LogP contribution in [-0.4, -0.2) is 77.6 Å². The minimum absolute atomic E-state index is 0.496. The maximum absolute atomic E-state index is 11.4. The monoisotopic (exact) mass is 413 g/mol. The molecule has 3 aliphatic rings. The van der Waals surface area contributed by atoms with Crippen molar-refractivity contribution in [3.05, 3.63) is 24.3 Å². The van der Waals surface area contributed by atoms with E-state index in [9.17, 15) is 4.79 Å². The van der Waals surface area contributed by atoms with E-state index in [1.54, 1.807) is 11.5 Å². The average molecular weight is 414 g/mol. The number of nitrogens with zero attached hydrogens (tertiary/aromatic N) is 5. The van der Waals surface area contributed by atoms with Gasteiger partial charge >= 0.3 is 0 Å². The van der Waals surface area contributed by atoms with Crippen molar-refractivity contribution in [2.75, 3.05) is 50.7 Å². The number of piperidine rings is 1. The van der Waals surface area contributed by atoms with Crippen LogP contribution in [0.5, 0.6) is 0 Å². The second kappa shape index (κ2) is 8.58. The predicted octanol–water partition coefficient (Wildman–Crippen LogP) is 3.06. The Balaban J connectivity index is 1.06. The number of amides is 1. The maximum Gasteiger partial charge on any atom is 0.224 e. The highest BCUT2D eigenvalue weighted by molar-refractivity contribution is 7.13. The van der Waals surface area contributed by atoms with Gasteiger partial charge in [0.15, 0.2) is 0 Å². The van der Waals surface area contributed by atoms with Crippen molar-refractivity contribution in [3.63, 3.8) is 0 Å². The molecular weight excluding hydrogens is 382 g/mol. The Morgan fingerprint density at radius 3 is 2.52 bits per heavy atom. The Bertz CT molecular complexity index is 821.